The first-order valence-electron chi connectivity index (χ1n) is 10.8. The number of alkyl halides is 2. The maximum Gasteiger partial charge on any atom is 0.299 e. The van der Waals surface area contributed by atoms with Crippen LogP contribution in [0.5, 0.6) is 5.75 Å². The van der Waals surface area contributed by atoms with E-state index in [2.05, 4.69) is 5.32 Å². The highest BCUT2D eigenvalue weighted by atomic mass is 19.3. The molecule has 0 radical (unpaired) electrons. The lowest BCUT2D eigenvalue weighted by Crippen LogP contribution is -2.25. The van der Waals surface area contributed by atoms with Crippen molar-refractivity contribution < 1.29 is 28.5 Å². The van der Waals surface area contributed by atoms with Crippen molar-refractivity contribution in [2.75, 3.05) is 13.2 Å². The Morgan fingerprint density at radius 1 is 1.23 bits per heavy atom. The zero-order valence-electron chi connectivity index (χ0n) is 17.9. The van der Waals surface area contributed by atoms with Gasteiger partial charge in [-0.05, 0) is 50.3 Å². The Hall–Kier alpha value is -2.25. The SMILES string of the molecule is CCNC(=O)CCC/C=C\C[C@@H]1[C@@H](/C=C/C(F)(F)COc2ccccc2)[C@H](O)C[C@@H]1O. The van der Waals surface area contributed by atoms with E-state index in [0.29, 0.717) is 25.1 Å². The monoisotopic (exact) mass is 437 g/mol. The van der Waals surface area contributed by atoms with Crippen molar-refractivity contribution in [3.63, 3.8) is 0 Å². The number of para-hydroxylation sites is 1. The van der Waals surface area contributed by atoms with E-state index in [4.69, 9.17) is 4.74 Å². The van der Waals surface area contributed by atoms with Crippen molar-refractivity contribution in [3.05, 3.63) is 54.6 Å². The molecule has 0 spiro atoms. The van der Waals surface area contributed by atoms with Crippen LogP contribution in [0.15, 0.2) is 54.6 Å². The van der Waals surface area contributed by atoms with Crippen LogP contribution in [0.3, 0.4) is 0 Å². The summed E-state index contributed by atoms with van der Waals surface area (Å²) < 4.78 is 33.6. The van der Waals surface area contributed by atoms with Crippen LogP contribution in [-0.2, 0) is 4.79 Å². The van der Waals surface area contributed by atoms with Crippen molar-refractivity contribution >= 4 is 5.91 Å². The van der Waals surface area contributed by atoms with Gasteiger partial charge in [0, 0.05) is 25.3 Å². The van der Waals surface area contributed by atoms with Gasteiger partial charge in [-0.25, -0.2) is 0 Å². The third kappa shape index (κ3) is 8.79. The Morgan fingerprint density at radius 3 is 2.68 bits per heavy atom. The summed E-state index contributed by atoms with van der Waals surface area (Å²) >= 11 is 0. The number of carbonyl (C=O) groups excluding carboxylic acids is 1. The molecule has 1 aromatic carbocycles. The normalized spacial score (nSPS) is 24.2. The molecule has 0 bridgehead atoms. The van der Waals surface area contributed by atoms with E-state index in [0.717, 1.165) is 18.9 Å². The summed E-state index contributed by atoms with van der Waals surface area (Å²) in [6.45, 7) is 1.69. The molecule has 0 heterocycles. The second-order valence-corrected chi connectivity index (χ2v) is 7.89. The average molecular weight is 438 g/mol. The van der Waals surface area contributed by atoms with Crippen molar-refractivity contribution in [3.8, 4) is 5.75 Å². The molecule has 0 aliphatic heterocycles. The van der Waals surface area contributed by atoms with E-state index in [-0.39, 0.29) is 18.2 Å². The van der Waals surface area contributed by atoms with E-state index in [9.17, 15) is 23.8 Å². The van der Waals surface area contributed by atoms with Gasteiger partial charge >= 0.3 is 0 Å². The molecule has 4 atom stereocenters. The molecule has 172 valence electrons. The van der Waals surface area contributed by atoms with Gasteiger partial charge in [-0.3, -0.25) is 4.79 Å². The number of benzene rings is 1. The number of carbonyl (C=O) groups is 1. The van der Waals surface area contributed by atoms with Crippen LogP contribution in [0.4, 0.5) is 8.78 Å². The molecule has 1 saturated carbocycles. The number of aliphatic hydroxyl groups is 2. The third-order valence-electron chi connectivity index (χ3n) is 5.38. The maximum atomic E-state index is 14.2. The Morgan fingerprint density at radius 2 is 1.97 bits per heavy atom. The summed E-state index contributed by atoms with van der Waals surface area (Å²) in [6, 6.07) is 8.40. The maximum absolute atomic E-state index is 14.2. The summed E-state index contributed by atoms with van der Waals surface area (Å²) in [6.07, 6.45) is 6.81. The third-order valence-corrected chi connectivity index (χ3v) is 5.38. The lowest BCUT2D eigenvalue weighted by atomic mass is 9.89. The van der Waals surface area contributed by atoms with Gasteiger partial charge in [-0.2, -0.15) is 8.78 Å². The van der Waals surface area contributed by atoms with Crippen LogP contribution in [0.2, 0.25) is 0 Å². The van der Waals surface area contributed by atoms with E-state index in [1.165, 1.54) is 6.08 Å². The molecule has 31 heavy (non-hydrogen) atoms. The summed E-state index contributed by atoms with van der Waals surface area (Å²) in [7, 11) is 0. The van der Waals surface area contributed by atoms with Crippen LogP contribution in [-0.4, -0.2) is 47.4 Å². The number of ether oxygens (including phenoxy) is 1. The molecule has 1 aliphatic rings. The summed E-state index contributed by atoms with van der Waals surface area (Å²) in [4.78, 5) is 11.4. The highest BCUT2D eigenvalue weighted by Crippen LogP contribution is 2.37. The van der Waals surface area contributed by atoms with Gasteiger partial charge in [-0.15, -0.1) is 0 Å². The second kappa shape index (κ2) is 12.6. The van der Waals surface area contributed by atoms with Crippen molar-refractivity contribution in [1.29, 1.82) is 0 Å². The summed E-state index contributed by atoms with van der Waals surface area (Å²) in [5.41, 5.74) is 0. The molecule has 0 aromatic heterocycles. The summed E-state index contributed by atoms with van der Waals surface area (Å²) in [5.74, 6) is -3.70. The number of nitrogens with one attached hydrogen (secondary N) is 1. The first-order chi connectivity index (χ1) is 14.8. The zero-order chi connectivity index (χ0) is 22.7. The standard InChI is InChI=1S/C24H33F2NO4/c1-2-27-23(30)13-9-4-3-8-12-19-20(22(29)16-21(19)28)14-15-24(25,26)17-31-18-10-6-5-7-11-18/h3,5-8,10-11,14-15,19-22,28-29H,2,4,9,12-13,16-17H2,1H3,(H,27,30)/b8-3-,15-14+/t19-,20-,21+,22-/m1/s1. The van der Waals surface area contributed by atoms with Crippen LogP contribution in [0.1, 0.15) is 39.0 Å². The van der Waals surface area contributed by atoms with E-state index in [1.807, 2.05) is 19.1 Å². The first kappa shape index (κ1) is 25.0. The van der Waals surface area contributed by atoms with Crippen molar-refractivity contribution in [1.82, 2.24) is 5.32 Å². The number of hydrogen-bond donors (Lipinski definition) is 3. The highest BCUT2D eigenvalue weighted by molar-refractivity contribution is 5.75. The number of allylic oxidation sites excluding steroid dienone is 2. The molecule has 1 aromatic rings. The van der Waals surface area contributed by atoms with E-state index in [1.54, 1.807) is 30.3 Å². The molecule has 0 unspecified atom stereocenters. The van der Waals surface area contributed by atoms with Gasteiger partial charge in [0.2, 0.25) is 5.91 Å². The molecule has 1 aliphatic carbocycles. The van der Waals surface area contributed by atoms with Gasteiger partial charge in [0.1, 0.15) is 5.75 Å². The number of hydrogen-bond acceptors (Lipinski definition) is 4. The molecule has 3 N–H and O–H groups in total. The van der Waals surface area contributed by atoms with Crippen LogP contribution in [0.25, 0.3) is 0 Å². The highest BCUT2D eigenvalue weighted by Gasteiger charge is 2.40. The lowest BCUT2D eigenvalue weighted by Gasteiger charge is -2.20. The largest absolute Gasteiger partial charge is 0.487 e. The number of halogens is 2. The molecule has 7 heteroatoms. The Labute approximate surface area is 182 Å². The number of amides is 1. The molecule has 0 saturated heterocycles. The molecule has 1 fully saturated rings. The van der Waals surface area contributed by atoms with Crippen molar-refractivity contribution in [2.45, 2.75) is 57.2 Å². The number of aliphatic hydroxyl groups excluding tert-OH is 2. The van der Waals surface area contributed by atoms with Crippen LogP contribution >= 0.6 is 0 Å². The minimum absolute atomic E-state index is 0.0209. The first-order valence-corrected chi connectivity index (χ1v) is 10.8. The Kier molecular flexibility index (Phi) is 10.1. The van der Waals surface area contributed by atoms with Gasteiger partial charge in [-0.1, -0.05) is 36.4 Å². The molecule has 1 amide bonds. The Balaban J connectivity index is 1.84. The molecule has 5 nitrogen and oxygen atoms in total. The van der Waals surface area contributed by atoms with Crippen LogP contribution < -0.4 is 10.1 Å². The second-order valence-electron chi connectivity index (χ2n) is 7.89. The quantitative estimate of drug-likeness (QED) is 0.343. The topological polar surface area (TPSA) is 78.8 Å². The van der Waals surface area contributed by atoms with E-state index < -0.39 is 30.7 Å². The van der Waals surface area contributed by atoms with Gasteiger partial charge in [0.25, 0.3) is 5.92 Å². The molecule has 2 rings (SSSR count). The van der Waals surface area contributed by atoms with Gasteiger partial charge in [0.15, 0.2) is 6.61 Å². The predicted octanol–water partition coefficient (Wildman–Crippen LogP) is 3.87. The van der Waals surface area contributed by atoms with Gasteiger partial charge < -0.3 is 20.3 Å². The van der Waals surface area contributed by atoms with Crippen molar-refractivity contribution in [2.24, 2.45) is 11.8 Å². The lowest BCUT2D eigenvalue weighted by molar-refractivity contribution is -0.121. The Bertz CT molecular complexity index is 724. The smallest absolute Gasteiger partial charge is 0.299 e. The molecular weight excluding hydrogens is 404 g/mol. The van der Waals surface area contributed by atoms with Crippen LogP contribution in [0, 0.1) is 11.8 Å². The minimum Gasteiger partial charge on any atom is -0.487 e. The fraction of sp³-hybridized carbons (Fsp3) is 0.542. The number of unbranched alkanes of at least 4 members (excludes halogenated alkanes) is 1. The van der Waals surface area contributed by atoms with Gasteiger partial charge in [0.05, 0.1) is 12.2 Å². The fourth-order valence-corrected chi connectivity index (χ4v) is 3.74. The number of rotatable bonds is 12. The average Bonchev–Trinajstić information content (AvgIpc) is 3.01. The summed E-state index contributed by atoms with van der Waals surface area (Å²) in [5, 5.41) is 23.2. The molecular formula is C24H33F2NO4. The predicted molar refractivity (Wildman–Crippen MR) is 116 cm³/mol. The minimum atomic E-state index is -3.19. The van der Waals surface area contributed by atoms with E-state index >= 15 is 0 Å². The fourth-order valence-electron chi connectivity index (χ4n) is 3.74. The zero-order valence-corrected chi connectivity index (χ0v) is 17.9.